The first-order chi connectivity index (χ1) is 8.75. The Morgan fingerprint density at radius 3 is 2.39 bits per heavy atom. The van der Waals surface area contributed by atoms with Crippen LogP contribution in [-0.2, 0) is 0 Å². The first-order valence-corrected chi connectivity index (χ1v) is 6.61. The number of hydrogen-bond acceptors (Lipinski definition) is 4. The molecule has 0 radical (unpaired) electrons. The molecule has 5 nitrogen and oxygen atoms in total. The maximum absolute atomic E-state index is 12.4. The van der Waals surface area contributed by atoms with E-state index in [2.05, 4.69) is 9.97 Å². The summed E-state index contributed by atoms with van der Waals surface area (Å²) in [5, 5.41) is 0. The van der Waals surface area contributed by atoms with Crippen LogP contribution in [0.15, 0.2) is 12.4 Å². The van der Waals surface area contributed by atoms with Gasteiger partial charge in [0, 0.05) is 25.5 Å². The third-order valence-corrected chi connectivity index (χ3v) is 4.19. The van der Waals surface area contributed by atoms with Gasteiger partial charge in [-0.2, -0.15) is 0 Å². The summed E-state index contributed by atoms with van der Waals surface area (Å²) in [6.07, 6.45) is 8.14. The third kappa shape index (κ3) is 1.94. The third-order valence-electron chi connectivity index (χ3n) is 4.19. The highest BCUT2D eigenvalue weighted by Crippen LogP contribution is 2.36. The van der Waals surface area contributed by atoms with Gasteiger partial charge < -0.3 is 10.6 Å². The Balaban J connectivity index is 1.76. The van der Waals surface area contributed by atoms with Crippen LogP contribution in [0.25, 0.3) is 0 Å². The number of rotatable bonds is 1. The first-order valence-electron chi connectivity index (χ1n) is 6.61. The van der Waals surface area contributed by atoms with Crippen LogP contribution in [0, 0.1) is 11.8 Å². The summed E-state index contributed by atoms with van der Waals surface area (Å²) < 4.78 is 0. The number of likely N-dealkylation sites (tertiary alicyclic amines) is 1. The monoisotopic (exact) mass is 246 g/mol. The van der Waals surface area contributed by atoms with Gasteiger partial charge in [-0.05, 0) is 24.7 Å². The lowest BCUT2D eigenvalue weighted by atomic mass is 9.82. The van der Waals surface area contributed by atoms with Gasteiger partial charge in [-0.3, -0.25) is 4.79 Å². The molecule has 1 aliphatic carbocycles. The fraction of sp³-hybridized carbons (Fsp3) is 0.615. The van der Waals surface area contributed by atoms with Crippen molar-refractivity contribution >= 4 is 11.7 Å². The Hall–Kier alpha value is -1.65. The Labute approximate surface area is 106 Å². The second-order valence-electron chi connectivity index (χ2n) is 5.30. The molecule has 2 heterocycles. The normalized spacial score (nSPS) is 27.0. The van der Waals surface area contributed by atoms with Gasteiger partial charge in [-0.25, -0.2) is 9.97 Å². The lowest BCUT2D eigenvalue weighted by Crippen LogP contribution is -2.30. The van der Waals surface area contributed by atoms with Crippen molar-refractivity contribution in [3.63, 3.8) is 0 Å². The van der Waals surface area contributed by atoms with Crippen LogP contribution in [0.1, 0.15) is 36.2 Å². The standard InChI is InChI=1S/C13H18N4O/c14-12-11(15-5-6-16-12)13(18)17-7-9-3-1-2-4-10(9)8-17/h5-6,9-10H,1-4,7-8H2,(H2,14,16). The van der Waals surface area contributed by atoms with Crippen molar-refractivity contribution < 1.29 is 4.79 Å². The van der Waals surface area contributed by atoms with Gasteiger partial charge >= 0.3 is 0 Å². The van der Waals surface area contributed by atoms with Crippen LogP contribution >= 0.6 is 0 Å². The van der Waals surface area contributed by atoms with Crippen LogP contribution in [0.5, 0.6) is 0 Å². The summed E-state index contributed by atoms with van der Waals surface area (Å²) in [4.78, 5) is 22.2. The van der Waals surface area contributed by atoms with Crippen molar-refractivity contribution in [2.75, 3.05) is 18.8 Å². The SMILES string of the molecule is Nc1nccnc1C(=O)N1CC2CCCCC2C1. The fourth-order valence-corrected chi connectivity index (χ4v) is 3.24. The summed E-state index contributed by atoms with van der Waals surface area (Å²) in [6.45, 7) is 1.72. The lowest BCUT2D eigenvalue weighted by Gasteiger charge is -2.22. The molecule has 1 aromatic heterocycles. The van der Waals surface area contributed by atoms with Crippen molar-refractivity contribution in [3.8, 4) is 0 Å². The average Bonchev–Trinajstić information content (AvgIpc) is 2.82. The van der Waals surface area contributed by atoms with Crippen LogP contribution in [0.3, 0.4) is 0 Å². The highest BCUT2D eigenvalue weighted by Gasteiger charge is 2.37. The quantitative estimate of drug-likeness (QED) is 0.811. The van der Waals surface area contributed by atoms with E-state index < -0.39 is 0 Å². The van der Waals surface area contributed by atoms with Crippen molar-refractivity contribution in [3.05, 3.63) is 18.1 Å². The van der Waals surface area contributed by atoms with Gasteiger partial charge in [0.05, 0.1) is 0 Å². The fourth-order valence-electron chi connectivity index (χ4n) is 3.24. The van der Waals surface area contributed by atoms with E-state index in [1.54, 1.807) is 0 Å². The van der Waals surface area contributed by atoms with E-state index in [-0.39, 0.29) is 11.7 Å². The molecule has 2 unspecified atom stereocenters. The highest BCUT2D eigenvalue weighted by atomic mass is 16.2. The number of carbonyl (C=O) groups is 1. The van der Waals surface area contributed by atoms with Crippen LogP contribution < -0.4 is 5.73 Å². The molecule has 5 heteroatoms. The number of nitrogen functional groups attached to an aromatic ring is 1. The summed E-state index contributed by atoms with van der Waals surface area (Å²) in [7, 11) is 0. The predicted molar refractivity (Wildman–Crippen MR) is 67.8 cm³/mol. The molecule has 1 saturated carbocycles. The molecule has 2 N–H and O–H groups in total. The molecular formula is C13H18N4O. The molecule has 2 fully saturated rings. The van der Waals surface area contributed by atoms with Gasteiger partial charge in [0.1, 0.15) is 0 Å². The maximum atomic E-state index is 12.4. The molecule has 1 saturated heterocycles. The average molecular weight is 246 g/mol. The number of carbonyl (C=O) groups excluding carboxylic acids is 1. The van der Waals surface area contributed by atoms with Crippen LogP contribution in [0.4, 0.5) is 5.82 Å². The van der Waals surface area contributed by atoms with Gasteiger partial charge in [-0.1, -0.05) is 12.8 Å². The second-order valence-corrected chi connectivity index (χ2v) is 5.30. The minimum atomic E-state index is -0.0602. The first kappa shape index (κ1) is 11.4. The Morgan fingerprint density at radius 1 is 1.17 bits per heavy atom. The summed E-state index contributed by atoms with van der Waals surface area (Å²) in [6, 6.07) is 0. The van der Waals surface area contributed by atoms with Gasteiger partial charge in [0.2, 0.25) is 0 Å². The molecule has 0 spiro atoms. The largest absolute Gasteiger partial charge is 0.382 e. The molecule has 1 aliphatic heterocycles. The second kappa shape index (κ2) is 4.55. The minimum absolute atomic E-state index is 0.0602. The zero-order valence-corrected chi connectivity index (χ0v) is 10.4. The molecule has 2 atom stereocenters. The smallest absolute Gasteiger partial charge is 0.276 e. The van der Waals surface area contributed by atoms with Crippen molar-refractivity contribution in [2.24, 2.45) is 11.8 Å². The minimum Gasteiger partial charge on any atom is -0.382 e. The van der Waals surface area contributed by atoms with Crippen molar-refractivity contribution in [1.82, 2.24) is 14.9 Å². The molecule has 1 amide bonds. The van der Waals surface area contributed by atoms with E-state index in [9.17, 15) is 4.79 Å². The predicted octanol–water partition coefficient (Wildman–Crippen LogP) is 1.32. The Kier molecular flexibility index (Phi) is 2.89. The summed E-state index contributed by atoms with van der Waals surface area (Å²) >= 11 is 0. The van der Waals surface area contributed by atoms with Crippen molar-refractivity contribution in [2.45, 2.75) is 25.7 Å². The van der Waals surface area contributed by atoms with E-state index in [0.29, 0.717) is 17.5 Å². The molecule has 1 aromatic rings. The summed E-state index contributed by atoms with van der Waals surface area (Å²) in [5.41, 5.74) is 6.02. The lowest BCUT2D eigenvalue weighted by molar-refractivity contribution is 0.0779. The number of amides is 1. The molecule has 18 heavy (non-hydrogen) atoms. The van der Waals surface area contributed by atoms with E-state index in [1.807, 2.05) is 4.90 Å². The number of aromatic nitrogens is 2. The molecule has 2 aliphatic rings. The Morgan fingerprint density at radius 2 is 1.78 bits per heavy atom. The molecule has 3 rings (SSSR count). The topological polar surface area (TPSA) is 72.1 Å². The van der Waals surface area contributed by atoms with E-state index >= 15 is 0 Å². The van der Waals surface area contributed by atoms with Gasteiger partial charge in [0.25, 0.3) is 5.91 Å². The summed E-state index contributed by atoms with van der Waals surface area (Å²) in [5.74, 6) is 1.54. The number of fused-ring (bicyclic) bond motifs is 1. The van der Waals surface area contributed by atoms with Crippen molar-refractivity contribution in [1.29, 1.82) is 0 Å². The molecular weight excluding hydrogens is 228 g/mol. The number of anilines is 1. The number of hydrogen-bond donors (Lipinski definition) is 1. The number of nitrogens with two attached hydrogens (primary N) is 1. The van der Waals surface area contributed by atoms with Gasteiger partial charge in [0.15, 0.2) is 11.5 Å². The van der Waals surface area contributed by atoms with E-state index in [0.717, 1.165) is 13.1 Å². The zero-order chi connectivity index (χ0) is 12.5. The molecule has 96 valence electrons. The number of nitrogens with zero attached hydrogens (tertiary/aromatic N) is 3. The van der Waals surface area contributed by atoms with E-state index in [4.69, 9.17) is 5.73 Å². The zero-order valence-electron chi connectivity index (χ0n) is 10.4. The van der Waals surface area contributed by atoms with Crippen LogP contribution in [-0.4, -0.2) is 33.9 Å². The molecule has 0 aromatic carbocycles. The highest BCUT2D eigenvalue weighted by molar-refractivity contribution is 5.96. The maximum Gasteiger partial charge on any atom is 0.276 e. The Bertz CT molecular complexity index is 448. The van der Waals surface area contributed by atoms with Crippen LogP contribution in [0.2, 0.25) is 0 Å². The van der Waals surface area contributed by atoms with E-state index in [1.165, 1.54) is 38.1 Å². The van der Waals surface area contributed by atoms with Gasteiger partial charge in [-0.15, -0.1) is 0 Å². The molecule has 0 bridgehead atoms.